The van der Waals surface area contributed by atoms with E-state index in [-0.39, 0.29) is 18.2 Å². The van der Waals surface area contributed by atoms with Crippen LogP contribution in [0.15, 0.2) is 35.4 Å². The molecule has 1 atom stereocenters. The molecule has 0 aliphatic heterocycles. The highest BCUT2D eigenvalue weighted by Crippen LogP contribution is 2.24. The first-order chi connectivity index (χ1) is 11.4. The van der Waals surface area contributed by atoms with Crippen LogP contribution in [-0.2, 0) is 4.79 Å². The molecule has 2 aromatic rings. The van der Waals surface area contributed by atoms with E-state index in [0.29, 0.717) is 4.88 Å². The second kappa shape index (κ2) is 8.30. The van der Waals surface area contributed by atoms with Crippen molar-refractivity contribution in [2.45, 2.75) is 37.1 Å². The third-order valence-corrected chi connectivity index (χ3v) is 5.48. The van der Waals surface area contributed by atoms with Crippen LogP contribution < -0.4 is 5.32 Å². The highest BCUT2D eigenvalue weighted by atomic mass is 32.2. The number of benzene rings is 1. The van der Waals surface area contributed by atoms with Crippen LogP contribution in [0.1, 0.15) is 52.5 Å². The molecule has 0 aliphatic rings. The van der Waals surface area contributed by atoms with Crippen LogP contribution in [-0.4, -0.2) is 28.2 Å². The Hall–Kier alpha value is -1.86. The number of thiazole rings is 1. The Kier molecular flexibility index (Phi) is 6.39. The predicted octanol–water partition coefficient (Wildman–Crippen LogP) is 3.93. The van der Waals surface area contributed by atoms with Gasteiger partial charge in [-0.3, -0.25) is 9.59 Å². The lowest BCUT2D eigenvalue weighted by molar-refractivity contribution is -0.137. The highest BCUT2D eigenvalue weighted by Gasteiger charge is 2.20. The molecule has 1 unspecified atom stereocenters. The number of nitrogens with one attached hydrogen (secondary N) is 1. The Morgan fingerprint density at radius 1 is 1.29 bits per heavy atom. The van der Waals surface area contributed by atoms with Gasteiger partial charge in [-0.2, -0.15) is 0 Å². The topological polar surface area (TPSA) is 79.3 Å². The number of rotatable bonds is 7. The summed E-state index contributed by atoms with van der Waals surface area (Å²) in [6.45, 7) is 4.03. The third kappa shape index (κ3) is 4.82. The first-order valence-electron chi connectivity index (χ1n) is 7.53. The molecule has 0 bridgehead atoms. The average Bonchev–Trinajstić information content (AvgIpc) is 3.04. The maximum Gasteiger partial charge on any atom is 0.305 e. The molecule has 0 saturated heterocycles. The number of amides is 1. The van der Waals surface area contributed by atoms with Crippen molar-refractivity contribution in [1.82, 2.24) is 10.3 Å². The van der Waals surface area contributed by atoms with Crippen LogP contribution in [0, 0.1) is 0 Å². The summed E-state index contributed by atoms with van der Waals surface area (Å²) in [4.78, 5) is 29.4. The van der Waals surface area contributed by atoms with Crippen molar-refractivity contribution in [3.8, 4) is 0 Å². The molecule has 1 heterocycles. The van der Waals surface area contributed by atoms with Crippen LogP contribution in [0.4, 0.5) is 0 Å². The third-order valence-electron chi connectivity index (χ3n) is 3.44. The van der Waals surface area contributed by atoms with E-state index in [1.165, 1.54) is 11.3 Å². The van der Waals surface area contributed by atoms with Gasteiger partial charge in [0.05, 0.1) is 23.7 Å². The van der Waals surface area contributed by atoms with Crippen LogP contribution in [0.5, 0.6) is 0 Å². The first kappa shape index (κ1) is 18.5. The van der Waals surface area contributed by atoms with Crippen LogP contribution >= 0.6 is 23.1 Å². The van der Waals surface area contributed by atoms with Gasteiger partial charge in [0.25, 0.3) is 5.91 Å². The number of carboxylic acids is 1. The van der Waals surface area contributed by atoms with Crippen molar-refractivity contribution in [3.63, 3.8) is 0 Å². The normalized spacial score (nSPS) is 12.2. The maximum absolute atomic E-state index is 12.4. The number of hydrogen-bond donors (Lipinski definition) is 2. The molecule has 2 N–H and O–H groups in total. The van der Waals surface area contributed by atoms with E-state index >= 15 is 0 Å². The van der Waals surface area contributed by atoms with Crippen LogP contribution in [0.25, 0.3) is 0 Å². The standard InChI is InChI=1S/C17H20N2O3S2/c1-10(2)17-18-9-14(24-17)16(22)19-13(8-15(20)21)11-4-6-12(23-3)7-5-11/h4-7,9-10,13H,8H2,1-3H3,(H,19,22)(H,20,21). The van der Waals surface area contributed by atoms with Gasteiger partial charge in [0, 0.05) is 10.8 Å². The van der Waals surface area contributed by atoms with Gasteiger partial charge in [-0.25, -0.2) is 4.98 Å². The molecule has 7 heteroatoms. The monoisotopic (exact) mass is 364 g/mol. The summed E-state index contributed by atoms with van der Waals surface area (Å²) in [5.41, 5.74) is 0.775. The molecular weight excluding hydrogens is 344 g/mol. The predicted molar refractivity (Wildman–Crippen MR) is 96.9 cm³/mol. The smallest absolute Gasteiger partial charge is 0.305 e. The molecule has 0 saturated carbocycles. The van der Waals surface area contributed by atoms with Crippen LogP contribution in [0.3, 0.4) is 0 Å². The lowest BCUT2D eigenvalue weighted by Crippen LogP contribution is -2.29. The van der Waals surface area contributed by atoms with Gasteiger partial charge in [-0.05, 0) is 24.0 Å². The van der Waals surface area contributed by atoms with Gasteiger partial charge in [0.2, 0.25) is 0 Å². The molecule has 1 amide bonds. The van der Waals surface area contributed by atoms with E-state index in [0.717, 1.165) is 15.5 Å². The zero-order chi connectivity index (χ0) is 17.7. The van der Waals surface area contributed by atoms with Crippen molar-refractivity contribution >= 4 is 35.0 Å². The number of carboxylic acid groups (broad SMARTS) is 1. The SMILES string of the molecule is CSc1ccc(C(CC(=O)O)NC(=O)c2cnc(C(C)C)s2)cc1. The lowest BCUT2D eigenvalue weighted by atomic mass is 10.0. The fraction of sp³-hybridized carbons (Fsp3) is 0.353. The summed E-state index contributed by atoms with van der Waals surface area (Å²) in [7, 11) is 0. The van der Waals surface area contributed by atoms with Crippen molar-refractivity contribution in [2.75, 3.05) is 6.26 Å². The van der Waals surface area contributed by atoms with E-state index in [1.54, 1.807) is 18.0 Å². The van der Waals surface area contributed by atoms with Gasteiger partial charge < -0.3 is 10.4 Å². The molecule has 0 spiro atoms. The zero-order valence-corrected chi connectivity index (χ0v) is 15.4. The summed E-state index contributed by atoms with van der Waals surface area (Å²) < 4.78 is 0. The molecule has 0 radical (unpaired) electrons. The molecule has 0 fully saturated rings. The number of nitrogens with zero attached hydrogens (tertiary/aromatic N) is 1. The fourth-order valence-electron chi connectivity index (χ4n) is 2.15. The number of aliphatic carboxylic acids is 1. The minimum absolute atomic E-state index is 0.166. The van der Waals surface area contributed by atoms with Gasteiger partial charge in [-0.15, -0.1) is 23.1 Å². The van der Waals surface area contributed by atoms with E-state index < -0.39 is 12.0 Å². The second-order valence-electron chi connectivity index (χ2n) is 5.61. The summed E-state index contributed by atoms with van der Waals surface area (Å²) >= 11 is 2.95. The number of carbonyl (C=O) groups is 2. The summed E-state index contributed by atoms with van der Waals surface area (Å²) in [5, 5.41) is 12.8. The Labute approximate surface area is 149 Å². The van der Waals surface area contributed by atoms with Crippen molar-refractivity contribution in [2.24, 2.45) is 0 Å². The van der Waals surface area contributed by atoms with Gasteiger partial charge in [0.15, 0.2) is 0 Å². The molecule has 0 aliphatic carbocycles. The minimum atomic E-state index is -0.957. The largest absolute Gasteiger partial charge is 0.481 e. The fourth-order valence-corrected chi connectivity index (χ4v) is 3.38. The van der Waals surface area contributed by atoms with E-state index in [4.69, 9.17) is 5.11 Å². The second-order valence-corrected chi connectivity index (χ2v) is 7.56. The summed E-state index contributed by atoms with van der Waals surface area (Å²) in [6, 6.07) is 6.98. The first-order valence-corrected chi connectivity index (χ1v) is 9.57. The minimum Gasteiger partial charge on any atom is -0.481 e. The molecule has 128 valence electrons. The number of thioether (sulfide) groups is 1. The van der Waals surface area contributed by atoms with Crippen molar-refractivity contribution in [1.29, 1.82) is 0 Å². The van der Waals surface area contributed by atoms with Gasteiger partial charge >= 0.3 is 5.97 Å². The van der Waals surface area contributed by atoms with Crippen LogP contribution in [0.2, 0.25) is 0 Å². The van der Waals surface area contributed by atoms with Crippen molar-refractivity contribution in [3.05, 3.63) is 45.9 Å². The Bertz CT molecular complexity index is 711. The highest BCUT2D eigenvalue weighted by molar-refractivity contribution is 7.98. The van der Waals surface area contributed by atoms with Gasteiger partial charge in [-0.1, -0.05) is 26.0 Å². The number of hydrogen-bond acceptors (Lipinski definition) is 5. The molecule has 24 heavy (non-hydrogen) atoms. The molecule has 1 aromatic carbocycles. The lowest BCUT2D eigenvalue weighted by Gasteiger charge is -2.17. The van der Waals surface area contributed by atoms with E-state index in [1.807, 2.05) is 44.4 Å². The van der Waals surface area contributed by atoms with Crippen molar-refractivity contribution < 1.29 is 14.7 Å². The molecule has 1 aromatic heterocycles. The van der Waals surface area contributed by atoms with Gasteiger partial charge in [0.1, 0.15) is 4.88 Å². The van der Waals surface area contributed by atoms with E-state index in [2.05, 4.69) is 10.3 Å². The van der Waals surface area contributed by atoms with E-state index in [9.17, 15) is 9.59 Å². The number of carbonyl (C=O) groups excluding carboxylic acids is 1. The maximum atomic E-state index is 12.4. The Balaban J connectivity index is 2.17. The average molecular weight is 364 g/mol. The Morgan fingerprint density at radius 2 is 1.96 bits per heavy atom. The quantitative estimate of drug-likeness (QED) is 0.728. The Morgan fingerprint density at radius 3 is 2.46 bits per heavy atom. The molecule has 2 rings (SSSR count). The molecular formula is C17H20N2O3S2. The molecule has 5 nitrogen and oxygen atoms in total. The summed E-state index contributed by atoms with van der Waals surface area (Å²) in [6.07, 6.45) is 3.35. The zero-order valence-electron chi connectivity index (χ0n) is 13.8. The number of aromatic nitrogens is 1. The summed E-state index contributed by atoms with van der Waals surface area (Å²) in [5.74, 6) is -0.994.